The van der Waals surface area contributed by atoms with Crippen molar-refractivity contribution < 1.29 is 14.7 Å². The smallest absolute Gasteiger partial charge is 0.326 e. The Morgan fingerprint density at radius 3 is 2.50 bits per heavy atom. The minimum absolute atomic E-state index is 0.398. The van der Waals surface area contributed by atoms with Crippen molar-refractivity contribution >= 4 is 35.2 Å². The lowest BCUT2D eigenvalue weighted by molar-refractivity contribution is -0.139. The maximum absolute atomic E-state index is 11.8. The molecule has 0 fully saturated rings. The number of nitrogens with one attached hydrogen (secondary N) is 1. The van der Waals surface area contributed by atoms with Crippen molar-refractivity contribution in [2.24, 2.45) is 0 Å². The van der Waals surface area contributed by atoms with Gasteiger partial charge in [-0.15, -0.1) is 0 Å². The minimum Gasteiger partial charge on any atom is -0.480 e. The summed E-state index contributed by atoms with van der Waals surface area (Å²) in [6.45, 7) is 0. The number of carbonyl (C=O) groups is 2. The number of hydrogen-bond acceptors (Lipinski definition) is 3. The molecule has 2 N–H and O–H groups in total. The normalized spacial score (nSPS) is 11.9. The zero-order chi connectivity index (χ0) is 13.5. The van der Waals surface area contributed by atoms with Gasteiger partial charge in [0.15, 0.2) is 0 Å². The van der Waals surface area contributed by atoms with Gasteiger partial charge < -0.3 is 10.4 Å². The Hall–Kier alpha value is -1.20. The van der Waals surface area contributed by atoms with Gasteiger partial charge in [-0.05, 0) is 42.7 Å². The molecule has 1 rings (SSSR count). The number of hydrogen-bond donors (Lipinski definition) is 2. The second kappa shape index (κ2) is 7.28. The van der Waals surface area contributed by atoms with Crippen LogP contribution in [0.4, 0.5) is 0 Å². The van der Waals surface area contributed by atoms with E-state index in [1.807, 2.05) is 6.26 Å². The largest absolute Gasteiger partial charge is 0.480 e. The van der Waals surface area contributed by atoms with Crippen LogP contribution >= 0.6 is 23.4 Å². The number of halogens is 1. The molecule has 18 heavy (non-hydrogen) atoms. The summed E-state index contributed by atoms with van der Waals surface area (Å²) in [7, 11) is 0. The summed E-state index contributed by atoms with van der Waals surface area (Å²) in [5, 5.41) is 12.0. The van der Waals surface area contributed by atoms with Crippen molar-refractivity contribution in [1.82, 2.24) is 5.32 Å². The average molecular weight is 288 g/mol. The maximum atomic E-state index is 11.8. The van der Waals surface area contributed by atoms with Gasteiger partial charge in [-0.3, -0.25) is 4.79 Å². The molecule has 4 nitrogen and oxygen atoms in total. The standard InChI is InChI=1S/C12H14ClNO3S/c1-18-7-6-10(12(16)17)14-11(15)8-2-4-9(13)5-3-8/h2-5,10H,6-7H2,1H3,(H,14,15)(H,16,17)/t10-/m1/s1. The summed E-state index contributed by atoms with van der Waals surface area (Å²) in [5.74, 6) is -0.746. The molecule has 6 heteroatoms. The van der Waals surface area contributed by atoms with Gasteiger partial charge in [-0.2, -0.15) is 11.8 Å². The molecule has 0 aliphatic heterocycles. The molecule has 0 heterocycles. The molecule has 1 aromatic rings. The topological polar surface area (TPSA) is 66.4 Å². The molecule has 0 saturated carbocycles. The minimum atomic E-state index is -1.02. The highest BCUT2D eigenvalue weighted by atomic mass is 35.5. The van der Waals surface area contributed by atoms with E-state index in [0.717, 1.165) is 0 Å². The highest BCUT2D eigenvalue weighted by Gasteiger charge is 2.19. The fourth-order valence-electron chi connectivity index (χ4n) is 1.34. The Bertz CT molecular complexity index is 422. The first kappa shape index (κ1) is 14.9. The van der Waals surface area contributed by atoms with Gasteiger partial charge in [-0.1, -0.05) is 11.6 Å². The molecule has 1 atom stereocenters. The van der Waals surface area contributed by atoms with Crippen LogP contribution in [0.3, 0.4) is 0 Å². The summed E-state index contributed by atoms with van der Waals surface area (Å²) in [5.41, 5.74) is 0.398. The first-order chi connectivity index (χ1) is 8.54. The molecule has 0 aromatic heterocycles. The van der Waals surface area contributed by atoms with E-state index < -0.39 is 17.9 Å². The van der Waals surface area contributed by atoms with Crippen molar-refractivity contribution in [2.75, 3.05) is 12.0 Å². The molecule has 0 bridgehead atoms. The quantitative estimate of drug-likeness (QED) is 0.842. The highest BCUT2D eigenvalue weighted by molar-refractivity contribution is 7.98. The van der Waals surface area contributed by atoms with Crippen LogP contribution in [0, 0.1) is 0 Å². The second-order valence-electron chi connectivity index (χ2n) is 3.65. The summed E-state index contributed by atoms with van der Waals surface area (Å²) < 4.78 is 0. The second-order valence-corrected chi connectivity index (χ2v) is 5.07. The number of carboxylic acid groups (broad SMARTS) is 1. The van der Waals surface area contributed by atoms with E-state index in [1.165, 1.54) is 0 Å². The molecule has 0 saturated heterocycles. The Morgan fingerprint density at radius 1 is 1.39 bits per heavy atom. The lowest BCUT2D eigenvalue weighted by Crippen LogP contribution is -2.41. The van der Waals surface area contributed by atoms with Crippen LogP contribution in [0.25, 0.3) is 0 Å². The first-order valence-corrected chi connectivity index (χ1v) is 7.10. The lowest BCUT2D eigenvalue weighted by Gasteiger charge is -2.13. The number of aliphatic carboxylic acids is 1. The molecule has 0 spiro atoms. The fourth-order valence-corrected chi connectivity index (χ4v) is 1.93. The molecular weight excluding hydrogens is 274 g/mol. The molecular formula is C12H14ClNO3S. The number of thioether (sulfide) groups is 1. The zero-order valence-corrected chi connectivity index (χ0v) is 11.4. The van der Waals surface area contributed by atoms with E-state index in [0.29, 0.717) is 22.8 Å². The summed E-state index contributed by atoms with van der Waals surface area (Å²) in [6, 6.07) is 5.44. The van der Waals surface area contributed by atoms with Gasteiger partial charge in [0.2, 0.25) is 0 Å². The molecule has 0 aliphatic carbocycles. The predicted octanol–water partition coefficient (Wildman–Crippen LogP) is 2.28. The lowest BCUT2D eigenvalue weighted by atomic mass is 10.1. The van der Waals surface area contributed by atoms with Crippen LogP contribution in [0.2, 0.25) is 5.02 Å². The molecule has 0 unspecified atom stereocenters. The number of benzene rings is 1. The molecule has 0 aliphatic rings. The Kier molecular flexibility index (Phi) is 6.01. The third-order valence-electron chi connectivity index (χ3n) is 2.32. The SMILES string of the molecule is CSCC[C@@H](NC(=O)c1ccc(Cl)cc1)C(=O)O. The van der Waals surface area contributed by atoms with E-state index in [4.69, 9.17) is 16.7 Å². The van der Waals surface area contributed by atoms with Crippen LogP contribution in [0.1, 0.15) is 16.8 Å². The number of rotatable bonds is 6. The summed E-state index contributed by atoms with van der Waals surface area (Å²) >= 11 is 7.25. The summed E-state index contributed by atoms with van der Waals surface area (Å²) in [4.78, 5) is 22.8. The monoisotopic (exact) mass is 287 g/mol. The van der Waals surface area contributed by atoms with Crippen LogP contribution in [-0.2, 0) is 4.79 Å². The van der Waals surface area contributed by atoms with Gasteiger partial charge in [-0.25, -0.2) is 4.79 Å². The third kappa shape index (κ3) is 4.58. The maximum Gasteiger partial charge on any atom is 0.326 e. The molecule has 98 valence electrons. The zero-order valence-electron chi connectivity index (χ0n) is 9.85. The van der Waals surface area contributed by atoms with E-state index in [9.17, 15) is 9.59 Å². The van der Waals surface area contributed by atoms with Crippen LogP contribution in [-0.4, -0.2) is 35.0 Å². The van der Waals surface area contributed by atoms with Gasteiger partial charge in [0.25, 0.3) is 5.91 Å². The number of amides is 1. The highest BCUT2D eigenvalue weighted by Crippen LogP contribution is 2.10. The van der Waals surface area contributed by atoms with Crippen molar-refractivity contribution in [3.8, 4) is 0 Å². The van der Waals surface area contributed by atoms with Crippen molar-refractivity contribution in [3.05, 3.63) is 34.9 Å². The first-order valence-electron chi connectivity index (χ1n) is 5.32. The van der Waals surface area contributed by atoms with Crippen molar-refractivity contribution in [2.45, 2.75) is 12.5 Å². The van der Waals surface area contributed by atoms with Crippen molar-refractivity contribution in [1.29, 1.82) is 0 Å². The number of carboxylic acids is 1. The Morgan fingerprint density at radius 2 is 2.00 bits per heavy atom. The van der Waals surface area contributed by atoms with Gasteiger partial charge in [0.1, 0.15) is 6.04 Å². The fraction of sp³-hybridized carbons (Fsp3) is 0.333. The Balaban J connectivity index is 2.66. The van der Waals surface area contributed by atoms with E-state index in [-0.39, 0.29) is 0 Å². The summed E-state index contributed by atoms with van der Waals surface area (Å²) in [6.07, 6.45) is 2.29. The van der Waals surface area contributed by atoms with E-state index in [1.54, 1.807) is 36.0 Å². The van der Waals surface area contributed by atoms with Crippen LogP contribution in [0.5, 0.6) is 0 Å². The van der Waals surface area contributed by atoms with Gasteiger partial charge in [0.05, 0.1) is 0 Å². The van der Waals surface area contributed by atoms with Gasteiger partial charge in [0, 0.05) is 10.6 Å². The van der Waals surface area contributed by atoms with Crippen LogP contribution in [0.15, 0.2) is 24.3 Å². The molecule has 1 aromatic carbocycles. The molecule has 0 radical (unpaired) electrons. The predicted molar refractivity (Wildman–Crippen MR) is 73.3 cm³/mol. The Labute approximate surface area is 115 Å². The number of carbonyl (C=O) groups excluding carboxylic acids is 1. The molecule has 1 amide bonds. The third-order valence-corrected chi connectivity index (χ3v) is 3.22. The van der Waals surface area contributed by atoms with Crippen LogP contribution < -0.4 is 5.32 Å². The van der Waals surface area contributed by atoms with E-state index in [2.05, 4.69) is 5.32 Å². The van der Waals surface area contributed by atoms with Gasteiger partial charge >= 0.3 is 5.97 Å². The van der Waals surface area contributed by atoms with E-state index >= 15 is 0 Å². The van der Waals surface area contributed by atoms with Crippen molar-refractivity contribution in [3.63, 3.8) is 0 Å². The average Bonchev–Trinajstić information content (AvgIpc) is 2.34.